The molecule has 22 heavy (non-hydrogen) atoms. The highest BCUT2D eigenvalue weighted by molar-refractivity contribution is 9.10. The van der Waals surface area contributed by atoms with Gasteiger partial charge < -0.3 is 4.90 Å². The molecule has 3 nitrogen and oxygen atoms in total. The molecule has 2 saturated heterocycles. The second-order valence-electron chi connectivity index (χ2n) is 6.59. The molecule has 0 radical (unpaired) electrons. The number of hydrogen-bond donors (Lipinski definition) is 0. The maximum atomic E-state index is 12.7. The van der Waals surface area contributed by atoms with E-state index in [1.165, 1.54) is 24.8 Å². The lowest BCUT2D eigenvalue weighted by atomic mass is 9.95. The lowest BCUT2D eigenvalue weighted by molar-refractivity contribution is -0.138. The number of carbonyl (C=O) groups is 1. The molecule has 2 aliphatic rings. The summed E-state index contributed by atoms with van der Waals surface area (Å²) in [7, 11) is 0. The molecular weight excluding hydrogens is 340 g/mol. The van der Waals surface area contributed by atoms with E-state index in [1.807, 2.05) is 0 Å². The molecule has 1 aromatic carbocycles. The molecule has 1 aromatic rings. The number of hydrogen-bond acceptors (Lipinski definition) is 2. The molecule has 0 aromatic heterocycles. The highest BCUT2D eigenvalue weighted by Gasteiger charge is 2.29. The van der Waals surface area contributed by atoms with Gasteiger partial charge in [-0.3, -0.25) is 9.69 Å². The zero-order valence-electron chi connectivity index (χ0n) is 13.1. The van der Waals surface area contributed by atoms with Gasteiger partial charge in [0.15, 0.2) is 0 Å². The number of amides is 1. The Hall–Kier alpha value is -0.870. The van der Waals surface area contributed by atoms with Crippen molar-refractivity contribution in [2.75, 3.05) is 26.2 Å². The van der Waals surface area contributed by atoms with Crippen LogP contribution in [0, 0.1) is 5.92 Å². The predicted molar refractivity (Wildman–Crippen MR) is 92.6 cm³/mol. The van der Waals surface area contributed by atoms with Crippen LogP contribution in [0.5, 0.6) is 0 Å². The third kappa shape index (κ3) is 4.11. The third-order valence-corrected chi connectivity index (χ3v) is 5.37. The molecule has 1 amide bonds. The first-order valence-electron chi connectivity index (χ1n) is 8.48. The smallest absolute Gasteiger partial charge is 0.226 e. The van der Waals surface area contributed by atoms with E-state index in [9.17, 15) is 4.79 Å². The van der Waals surface area contributed by atoms with E-state index in [0.717, 1.165) is 50.0 Å². The molecule has 2 heterocycles. The summed E-state index contributed by atoms with van der Waals surface area (Å²) in [5.74, 6) is 0.613. The van der Waals surface area contributed by atoms with Gasteiger partial charge in [-0.2, -0.15) is 0 Å². The van der Waals surface area contributed by atoms with Gasteiger partial charge in [0.2, 0.25) is 5.91 Å². The van der Waals surface area contributed by atoms with E-state index in [1.54, 1.807) is 0 Å². The van der Waals surface area contributed by atoms with Gasteiger partial charge in [0, 0.05) is 30.7 Å². The maximum absolute atomic E-state index is 12.7. The number of rotatable bonds is 3. The highest BCUT2D eigenvalue weighted by atomic mass is 79.9. The fourth-order valence-corrected chi connectivity index (χ4v) is 3.89. The Morgan fingerprint density at radius 1 is 1.05 bits per heavy atom. The van der Waals surface area contributed by atoms with Crippen LogP contribution in [0.25, 0.3) is 0 Å². The van der Waals surface area contributed by atoms with Gasteiger partial charge in [0.25, 0.3) is 0 Å². The molecular formula is C18H25BrN2O. The molecule has 0 bridgehead atoms. The normalized spacial score (nSPS) is 23.5. The molecule has 3 rings (SSSR count). The number of carbonyl (C=O) groups excluding carboxylic acids is 1. The fourth-order valence-electron chi connectivity index (χ4n) is 3.62. The first-order chi connectivity index (χ1) is 10.7. The van der Waals surface area contributed by atoms with Gasteiger partial charge in [0.1, 0.15) is 0 Å². The summed E-state index contributed by atoms with van der Waals surface area (Å²) in [6.07, 6.45) is 5.85. The van der Waals surface area contributed by atoms with E-state index >= 15 is 0 Å². The van der Waals surface area contributed by atoms with E-state index in [4.69, 9.17) is 0 Å². The largest absolute Gasteiger partial charge is 0.342 e. The Balaban J connectivity index is 1.56. The van der Waals surface area contributed by atoms with Gasteiger partial charge in [-0.15, -0.1) is 0 Å². The lowest BCUT2D eigenvalue weighted by Crippen LogP contribution is -2.46. The van der Waals surface area contributed by atoms with E-state index < -0.39 is 0 Å². The molecule has 0 unspecified atom stereocenters. The molecule has 0 saturated carbocycles. The van der Waals surface area contributed by atoms with Crippen molar-refractivity contribution < 1.29 is 4.79 Å². The van der Waals surface area contributed by atoms with Crippen molar-refractivity contribution in [2.24, 2.45) is 5.92 Å². The quantitative estimate of drug-likeness (QED) is 0.816. The van der Waals surface area contributed by atoms with Crippen molar-refractivity contribution >= 4 is 21.8 Å². The van der Waals surface area contributed by atoms with Gasteiger partial charge in [-0.25, -0.2) is 0 Å². The summed E-state index contributed by atoms with van der Waals surface area (Å²) in [5, 5.41) is 0. The second-order valence-corrected chi connectivity index (χ2v) is 7.50. The molecule has 2 fully saturated rings. The Bertz CT molecular complexity index is 496. The van der Waals surface area contributed by atoms with Crippen molar-refractivity contribution in [3.8, 4) is 0 Å². The molecule has 0 aliphatic carbocycles. The number of benzene rings is 1. The van der Waals surface area contributed by atoms with E-state index in [-0.39, 0.29) is 5.92 Å². The average Bonchev–Trinajstić information content (AvgIpc) is 2.57. The van der Waals surface area contributed by atoms with Gasteiger partial charge in [0.05, 0.1) is 5.92 Å². The summed E-state index contributed by atoms with van der Waals surface area (Å²) in [4.78, 5) is 17.2. The van der Waals surface area contributed by atoms with Gasteiger partial charge in [-0.1, -0.05) is 28.1 Å². The molecule has 120 valence electrons. The molecule has 4 heteroatoms. The summed E-state index contributed by atoms with van der Waals surface area (Å²) < 4.78 is 1.12. The average molecular weight is 365 g/mol. The highest BCUT2D eigenvalue weighted by Crippen LogP contribution is 2.23. The minimum atomic E-state index is 0.210. The van der Waals surface area contributed by atoms with Crippen molar-refractivity contribution in [1.82, 2.24) is 9.80 Å². The summed E-state index contributed by atoms with van der Waals surface area (Å²) in [6.45, 7) is 4.94. The van der Waals surface area contributed by atoms with Crippen molar-refractivity contribution in [3.63, 3.8) is 0 Å². The van der Waals surface area contributed by atoms with Crippen LogP contribution in [0.2, 0.25) is 0 Å². The van der Waals surface area contributed by atoms with Crippen LogP contribution < -0.4 is 0 Å². The Morgan fingerprint density at radius 2 is 1.77 bits per heavy atom. The van der Waals surface area contributed by atoms with Crippen molar-refractivity contribution in [3.05, 3.63) is 34.3 Å². The maximum Gasteiger partial charge on any atom is 0.226 e. The minimum Gasteiger partial charge on any atom is -0.342 e. The van der Waals surface area contributed by atoms with Crippen LogP contribution in [0.4, 0.5) is 0 Å². The lowest BCUT2D eigenvalue weighted by Gasteiger charge is -2.36. The number of nitrogens with zero attached hydrogens (tertiary/aromatic N) is 2. The molecule has 0 spiro atoms. The van der Waals surface area contributed by atoms with Crippen molar-refractivity contribution in [1.29, 1.82) is 0 Å². The summed E-state index contributed by atoms with van der Waals surface area (Å²) in [6, 6.07) is 8.52. The van der Waals surface area contributed by atoms with Crippen LogP contribution in [-0.2, 0) is 11.3 Å². The Kier molecular flexibility index (Phi) is 5.53. The monoisotopic (exact) mass is 364 g/mol. The Labute approximate surface area is 141 Å². The van der Waals surface area contributed by atoms with Gasteiger partial charge >= 0.3 is 0 Å². The summed E-state index contributed by atoms with van der Waals surface area (Å²) >= 11 is 3.48. The SMILES string of the molecule is O=C([C@@H]1CCCN(Cc2ccc(Br)cc2)C1)N1CCCCC1. The number of piperidine rings is 2. The minimum absolute atomic E-state index is 0.210. The molecule has 1 atom stereocenters. The zero-order valence-corrected chi connectivity index (χ0v) is 14.7. The second kappa shape index (κ2) is 7.60. The first-order valence-corrected chi connectivity index (χ1v) is 9.27. The predicted octanol–water partition coefficient (Wildman–Crippen LogP) is 3.67. The molecule has 2 aliphatic heterocycles. The van der Waals surface area contributed by atoms with Crippen LogP contribution >= 0.6 is 15.9 Å². The van der Waals surface area contributed by atoms with Gasteiger partial charge in [-0.05, 0) is 56.3 Å². The van der Waals surface area contributed by atoms with Crippen molar-refractivity contribution in [2.45, 2.75) is 38.6 Å². The van der Waals surface area contributed by atoms with Crippen LogP contribution in [0.3, 0.4) is 0 Å². The standard InChI is InChI=1S/C18H25BrN2O/c19-17-8-6-15(7-9-17)13-20-10-4-5-16(14-20)18(22)21-11-2-1-3-12-21/h6-9,16H,1-5,10-14H2/t16-/m1/s1. The first kappa shape index (κ1) is 16.0. The molecule has 0 N–H and O–H groups in total. The van der Waals surface area contributed by atoms with E-state index in [2.05, 4.69) is 50.0 Å². The zero-order chi connectivity index (χ0) is 15.4. The van der Waals surface area contributed by atoms with Crippen LogP contribution in [0.15, 0.2) is 28.7 Å². The van der Waals surface area contributed by atoms with E-state index in [0.29, 0.717) is 5.91 Å². The van der Waals surface area contributed by atoms with Crippen LogP contribution in [0.1, 0.15) is 37.7 Å². The Morgan fingerprint density at radius 3 is 2.50 bits per heavy atom. The number of likely N-dealkylation sites (tertiary alicyclic amines) is 2. The van der Waals surface area contributed by atoms with Crippen LogP contribution in [-0.4, -0.2) is 41.9 Å². The summed E-state index contributed by atoms with van der Waals surface area (Å²) in [5.41, 5.74) is 1.33. The third-order valence-electron chi connectivity index (χ3n) is 4.84. The topological polar surface area (TPSA) is 23.6 Å². The number of halogens is 1. The fraction of sp³-hybridized carbons (Fsp3) is 0.611.